The summed E-state index contributed by atoms with van der Waals surface area (Å²) in [5.74, 6) is -1.22. The third-order valence-electron chi connectivity index (χ3n) is 3.11. The first-order valence-corrected chi connectivity index (χ1v) is 6.60. The minimum Gasteiger partial charge on any atom is -0.481 e. The van der Waals surface area contributed by atoms with Crippen LogP contribution < -0.4 is 0 Å². The number of carboxylic acid groups (broad SMARTS) is 1. The Hall–Kier alpha value is -1.36. The van der Waals surface area contributed by atoms with E-state index in [4.69, 9.17) is 5.11 Å². The molecule has 1 amide bonds. The number of piperidine rings is 1. The molecule has 1 N–H and O–H groups in total. The number of aliphatic carboxylic acids is 1. The largest absolute Gasteiger partial charge is 0.481 e. The van der Waals surface area contributed by atoms with Crippen LogP contribution in [0.15, 0.2) is 28.7 Å². The van der Waals surface area contributed by atoms with Gasteiger partial charge in [-0.15, -0.1) is 0 Å². The molecule has 1 aromatic carbocycles. The van der Waals surface area contributed by atoms with Gasteiger partial charge >= 0.3 is 5.97 Å². The summed E-state index contributed by atoms with van der Waals surface area (Å²) in [6, 6.07) is 7.70. The lowest BCUT2D eigenvalue weighted by molar-refractivity contribution is -0.147. The Morgan fingerprint density at radius 3 is 2.94 bits per heavy atom. The van der Waals surface area contributed by atoms with Gasteiger partial charge in [0, 0.05) is 24.0 Å². The maximum atomic E-state index is 11.8. The number of carbonyl (C=O) groups excluding carboxylic acids is 1. The highest BCUT2D eigenvalue weighted by Crippen LogP contribution is 2.21. The van der Waals surface area contributed by atoms with Crippen LogP contribution in [0.1, 0.15) is 18.4 Å². The van der Waals surface area contributed by atoms with Gasteiger partial charge < -0.3 is 10.0 Å². The van der Waals surface area contributed by atoms with Crippen molar-refractivity contribution in [3.63, 3.8) is 0 Å². The van der Waals surface area contributed by atoms with Crippen LogP contribution in [0.25, 0.3) is 0 Å². The molecular weight excluding hydrogens is 298 g/mol. The molecule has 96 valence electrons. The number of carbonyl (C=O) groups is 2. The first kappa shape index (κ1) is 13.1. The summed E-state index contributed by atoms with van der Waals surface area (Å²) in [7, 11) is 0. The van der Waals surface area contributed by atoms with Crippen molar-refractivity contribution in [1.82, 2.24) is 4.90 Å². The molecule has 2 rings (SSSR count). The normalized spacial score (nSPS) is 19.9. The SMILES string of the molecule is O=C(O)C1CCC(=O)N(Cc2cccc(Br)c2)C1. The van der Waals surface area contributed by atoms with Gasteiger partial charge in [0.1, 0.15) is 0 Å². The Morgan fingerprint density at radius 2 is 2.28 bits per heavy atom. The maximum Gasteiger partial charge on any atom is 0.308 e. The predicted molar refractivity (Wildman–Crippen MR) is 69.9 cm³/mol. The van der Waals surface area contributed by atoms with Gasteiger partial charge in [-0.05, 0) is 24.1 Å². The molecule has 1 aliphatic rings. The molecule has 1 unspecified atom stereocenters. The van der Waals surface area contributed by atoms with Crippen molar-refractivity contribution in [2.75, 3.05) is 6.54 Å². The van der Waals surface area contributed by atoms with Gasteiger partial charge in [0.15, 0.2) is 0 Å². The molecule has 0 aromatic heterocycles. The van der Waals surface area contributed by atoms with E-state index in [9.17, 15) is 9.59 Å². The summed E-state index contributed by atoms with van der Waals surface area (Å²) in [5.41, 5.74) is 1.00. The number of nitrogens with zero attached hydrogens (tertiary/aromatic N) is 1. The average Bonchev–Trinajstić information content (AvgIpc) is 2.31. The van der Waals surface area contributed by atoms with Crippen LogP contribution in [0, 0.1) is 5.92 Å². The number of halogens is 1. The Bertz CT molecular complexity index is 475. The van der Waals surface area contributed by atoms with Crippen molar-refractivity contribution in [1.29, 1.82) is 0 Å². The molecule has 0 bridgehead atoms. The summed E-state index contributed by atoms with van der Waals surface area (Å²) in [6.45, 7) is 0.780. The molecule has 1 aromatic rings. The van der Waals surface area contributed by atoms with Crippen molar-refractivity contribution in [3.05, 3.63) is 34.3 Å². The summed E-state index contributed by atoms with van der Waals surface area (Å²) in [4.78, 5) is 24.4. The van der Waals surface area contributed by atoms with Gasteiger partial charge in [-0.1, -0.05) is 28.1 Å². The second-order valence-corrected chi connectivity index (χ2v) is 5.39. The molecule has 0 spiro atoms. The molecule has 5 heteroatoms. The van der Waals surface area contributed by atoms with E-state index in [2.05, 4.69) is 15.9 Å². The Morgan fingerprint density at radius 1 is 1.50 bits per heavy atom. The molecule has 1 heterocycles. The van der Waals surface area contributed by atoms with E-state index in [-0.39, 0.29) is 5.91 Å². The number of rotatable bonds is 3. The first-order chi connectivity index (χ1) is 8.56. The van der Waals surface area contributed by atoms with Crippen LogP contribution in [0.5, 0.6) is 0 Å². The molecule has 1 fully saturated rings. The number of amides is 1. The Labute approximate surface area is 114 Å². The zero-order valence-electron chi connectivity index (χ0n) is 9.80. The van der Waals surface area contributed by atoms with Crippen LogP contribution in [0.2, 0.25) is 0 Å². The zero-order valence-corrected chi connectivity index (χ0v) is 11.4. The van der Waals surface area contributed by atoms with Gasteiger partial charge in [0.25, 0.3) is 0 Å². The van der Waals surface area contributed by atoms with Crippen LogP contribution in [0.4, 0.5) is 0 Å². The monoisotopic (exact) mass is 311 g/mol. The molecule has 1 aliphatic heterocycles. The molecule has 0 saturated carbocycles. The van der Waals surface area contributed by atoms with Gasteiger partial charge in [-0.2, -0.15) is 0 Å². The molecule has 18 heavy (non-hydrogen) atoms. The molecular formula is C13H14BrNO3. The van der Waals surface area contributed by atoms with Crippen molar-refractivity contribution >= 4 is 27.8 Å². The topological polar surface area (TPSA) is 57.6 Å². The lowest BCUT2D eigenvalue weighted by Crippen LogP contribution is -2.41. The minimum atomic E-state index is -0.818. The van der Waals surface area contributed by atoms with Gasteiger partial charge in [-0.25, -0.2) is 0 Å². The van der Waals surface area contributed by atoms with E-state index >= 15 is 0 Å². The number of hydrogen-bond donors (Lipinski definition) is 1. The third kappa shape index (κ3) is 3.10. The summed E-state index contributed by atoms with van der Waals surface area (Å²) < 4.78 is 0.958. The van der Waals surface area contributed by atoms with Crippen molar-refractivity contribution < 1.29 is 14.7 Å². The van der Waals surface area contributed by atoms with Crippen LogP contribution in [-0.4, -0.2) is 28.4 Å². The highest BCUT2D eigenvalue weighted by molar-refractivity contribution is 9.10. The number of hydrogen-bond acceptors (Lipinski definition) is 2. The van der Waals surface area contributed by atoms with Crippen molar-refractivity contribution in [2.45, 2.75) is 19.4 Å². The van der Waals surface area contributed by atoms with Crippen molar-refractivity contribution in [3.8, 4) is 0 Å². The smallest absolute Gasteiger partial charge is 0.308 e. The fourth-order valence-corrected chi connectivity index (χ4v) is 2.57. The van der Waals surface area contributed by atoms with Gasteiger partial charge in [0.05, 0.1) is 5.92 Å². The Kier molecular flexibility index (Phi) is 4.01. The van der Waals surface area contributed by atoms with Crippen LogP contribution >= 0.6 is 15.9 Å². The standard InChI is InChI=1S/C13H14BrNO3/c14-11-3-1-2-9(6-11)7-15-8-10(13(17)18)4-5-12(15)16/h1-3,6,10H,4-5,7-8H2,(H,17,18). The Balaban J connectivity index is 2.07. The highest BCUT2D eigenvalue weighted by Gasteiger charge is 2.29. The fraction of sp³-hybridized carbons (Fsp3) is 0.385. The second kappa shape index (κ2) is 5.52. The predicted octanol–water partition coefficient (Wildman–Crippen LogP) is 2.27. The van der Waals surface area contributed by atoms with Crippen molar-refractivity contribution in [2.24, 2.45) is 5.92 Å². The lowest BCUT2D eigenvalue weighted by Gasteiger charge is -2.30. The van der Waals surface area contributed by atoms with E-state index in [0.29, 0.717) is 25.9 Å². The second-order valence-electron chi connectivity index (χ2n) is 4.48. The maximum absolute atomic E-state index is 11.8. The van der Waals surface area contributed by atoms with E-state index < -0.39 is 11.9 Å². The number of carboxylic acids is 1. The molecule has 1 saturated heterocycles. The van der Waals surface area contributed by atoms with Crippen LogP contribution in [0.3, 0.4) is 0 Å². The number of likely N-dealkylation sites (tertiary alicyclic amines) is 1. The average molecular weight is 312 g/mol. The molecule has 1 atom stereocenters. The molecule has 4 nitrogen and oxygen atoms in total. The molecule has 0 aliphatic carbocycles. The summed E-state index contributed by atoms with van der Waals surface area (Å²) in [6.07, 6.45) is 0.772. The third-order valence-corrected chi connectivity index (χ3v) is 3.61. The first-order valence-electron chi connectivity index (χ1n) is 5.81. The van der Waals surface area contributed by atoms with Crippen LogP contribution in [-0.2, 0) is 16.1 Å². The zero-order chi connectivity index (χ0) is 13.1. The summed E-state index contributed by atoms with van der Waals surface area (Å²) in [5, 5.41) is 9.01. The van der Waals surface area contributed by atoms with E-state index in [0.717, 1.165) is 10.0 Å². The van der Waals surface area contributed by atoms with E-state index in [1.165, 1.54) is 0 Å². The van der Waals surface area contributed by atoms with Gasteiger partial charge in [0.2, 0.25) is 5.91 Å². The van der Waals surface area contributed by atoms with E-state index in [1.54, 1.807) is 4.90 Å². The summed E-state index contributed by atoms with van der Waals surface area (Å²) >= 11 is 3.38. The van der Waals surface area contributed by atoms with Gasteiger partial charge in [-0.3, -0.25) is 9.59 Å². The van der Waals surface area contributed by atoms with E-state index in [1.807, 2.05) is 24.3 Å². The number of benzene rings is 1. The lowest BCUT2D eigenvalue weighted by atomic mass is 9.97. The molecule has 0 radical (unpaired) electrons. The quantitative estimate of drug-likeness (QED) is 0.931. The fourth-order valence-electron chi connectivity index (χ4n) is 2.12. The highest BCUT2D eigenvalue weighted by atomic mass is 79.9. The minimum absolute atomic E-state index is 0.0347.